The number of non-ortho nitro benzene ring substituents is 1. The topological polar surface area (TPSA) is 165 Å². The second-order valence-electron chi connectivity index (χ2n) is 8.12. The number of hydrogen-bond donors (Lipinski definition) is 1. The second-order valence-corrected chi connectivity index (χ2v) is 11.3. The monoisotopic (exact) mass is 543 g/mol. The first-order chi connectivity index (χ1) is 17.5. The molecule has 0 aliphatic carbocycles. The number of carbonyl (C=O) groups is 1. The summed E-state index contributed by atoms with van der Waals surface area (Å²) in [6.45, 7) is 3.14. The fourth-order valence-electron chi connectivity index (χ4n) is 3.33. The molecular formula is C23H21N5O7S2. The summed E-state index contributed by atoms with van der Waals surface area (Å²) in [5.74, 6) is -0.307. The molecule has 37 heavy (non-hydrogen) atoms. The van der Waals surface area contributed by atoms with E-state index in [9.17, 15) is 23.3 Å². The van der Waals surface area contributed by atoms with Crippen molar-refractivity contribution < 1.29 is 27.6 Å². The van der Waals surface area contributed by atoms with E-state index in [1.54, 1.807) is 30.3 Å². The Hall–Kier alpha value is -4.04. The van der Waals surface area contributed by atoms with Crippen LogP contribution in [0.2, 0.25) is 0 Å². The molecule has 0 fully saturated rings. The predicted molar refractivity (Wildman–Crippen MR) is 139 cm³/mol. The lowest BCUT2D eigenvalue weighted by Gasteiger charge is -2.25. The number of nitrogens with one attached hydrogen (secondary N) is 1. The first-order valence-corrected chi connectivity index (χ1v) is 13.1. The van der Waals surface area contributed by atoms with Gasteiger partial charge in [-0.2, -0.15) is 9.39 Å². The number of nitro groups is 1. The lowest BCUT2D eigenvalue weighted by molar-refractivity contribution is -0.384. The fraction of sp³-hybridized carbons (Fsp3) is 0.217. The zero-order valence-corrected chi connectivity index (χ0v) is 21.5. The minimum absolute atomic E-state index is 0.0129. The van der Waals surface area contributed by atoms with E-state index in [0.29, 0.717) is 22.6 Å². The highest BCUT2D eigenvalue weighted by Gasteiger charge is 2.43. The molecule has 192 valence electrons. The van der Waals surface area contributed by atoms with Crippen molar-refractivity contribution in [1.29, 1.82) is 5.41 Å². The van der Waals surface area contributed by atoms with E-state index in [0.717, 1.165) is 16.8 Å². The van der Waals surface area contributed by atoms with E-state index in [1.807, 2.05) is 0 Å². The molecule has 0 spiro atoms. The van der Waals surface area contributed by atoms with Gasteiger partial charge in [0.1, 0.15) is 12.4 Å². The van der Waals surface area contributed by atoms with Gasteiger partial charge in [-0.25, -0.2) is 13.3 Å². The number of carbonyl (C=O) groups excluding carboxylic acids is 1. The molecule has 0 unspecified atom stereocenters. The van der Waals surface area contributed by atoms with Crippen molar-refractivity contribution in [3.05, 3.63) is 69.3 Å². The number of amides is 1. The number of rotatable bonds is 7. The Labute approximate surface area is 216 Å². The molecule has 2 aromatic rings. The number of sulfone groups is 1. The van der Waals surface area contributed by atoms with Crippen LogP contribution in [0.1, 0.15) is 25.0 Å². The molecule has 2 aromatic carbocycles. The van der Waals surface area contributed by atoms with Crippen LogP contribution < -0.4 is 9.47 Å². The molecule has 12 nitrogen and oxygen atoms in total. The zero-order valence-electron chi connectivity index (χ0n) is 19.9. The Morgan fingerprint density at radius 1 is 1.19 bits per heavy atom. The minimum Gasteiger partial charge on any atom is -0.493 e. The molecule has 0 saturated carbocycles. The van der Waals surface area contributed by atoms with E-state index in [1.165, 1.54) is 39.2 Å². The third-order valence-electron chi connectivity index (χ3n) is 5.41. The van der Waals surface area contributed by atoms with Crippen LogP contribution in [0.15, 0.2) is 57.4 Å². The van der Waals surface area contributed by atoms with Crippen molar-refractivity contribution in [2.75, 3.05) is 7.11 Å². The Morgan fingerprint density at radius 3 is 2.51 bits per heavy atom. The van der Waals surface area contributed by atoms with Crippen LogP contribution in [-0.4, -0.2) is 52.7 Å². The molecule has 1 amide bonds. The van der Waals surface area contributed by atoms with Crippen LogP contribution in [0, 0.1) is 15.5 Å². The Balaban J connectivity index is 1.57. The van der Waals surface area contributed by atoms with Crippen LogP contribution in [0.3, 0.4) is 0 Å². The normalized spacial score (nSPS) is 16.5. The highest BCUT2D eigenvalue weighted by molar-refractivity contribution is 8.16. The van der Waals surface area contributed by atoms with Gasteiger partial charge in [-0.1, -0.05) is 6.07 Å². The minimum atomic E-state index is -3.82. The SMILES string of the molecule is COc1cc(/C=C2/C(=N)N3C(=NC2=O)SN=C3S(=O)(=O)C(C)C)ccc1OCc1ccc([N+](=O)[O-])cc1. The summed E-state index contributed by atoms with van der Waals surface area (Å²) in [4.78, 5) is 28.0. The number of ether oxygens (including phenoxy) is 2. The molecular weight excluding hydrogens is 522 g/mol. The maximum atomic E-state index is 12.7. The molecule has 0 radical (unpaired) electrons. The van der Waals surface area contributed by atoms with Crippen molar-refractivity contribution in [3.63, 3.8) is 0 Å². The van der Waals surface area contributed by atoms with E-state index < -0.39 is 25.9 Å². The maximum Gasteiger partial charge on any atom is 0.283 e. The van der Waals surface area contributed by atoms with Crippen molar-refractivity contribution in [1.82, 2.24) is 4.90 Å². The molecule has 0 aromatic heterocycles. The number of benzene rings is 2. The highest BCUT2D eigenvalue weighted by Crippen LogP contribution is 2.33. The summed E-state index contributed by atoms with van der Waals surface area (Å²) in [6, 6.07) is 10.8. The Morgan fingerprint density at radius 2 is 1.89 bits per heavy atom. The fourth-order valence-corrected chi connectivity index (χ4v) is 5.39. The van der Waals surface area contributed by atoms with Crippen molar-refractivity contribution >= 4 is 55.6 Å². The quantitative estimate of drug-likeness (QED) is 0.238. The van der Waals surface area contributed by atoms with Gasteiger partial charge in [0.15, 0.2) is 11.5 Å². The van der Waals surface area contributed by atoms with Gasteiger partial charge in [-0.05, 0) is 55.3 Å². The lowest BCUT2D eigenvalue weighted by Crippen LogP contribution is -2.46. The number of nitrogens with zero attached hydrogens (tertiary/aromatic N) is 4. The van der Waals surface area contributed by atoms with Crippen LogP contribution in [-0.2, 0) is 21.2 Å². The van der Waals surface area contributed by atoms with Gasteiger partial charge in [0.05, 0.1) is 34.8 Å². The number of fused-ring (bicyclic) bond motifs is 1. The molecule has 0 atom stereocenters. The average Bonchev–Trinajstić information content (AvgIpc) is 3.30. The molecule has 0 saturated heterocycles. The summed E-state index contributed by atoms with van der Waals surface area (Å²) in [7, 11) is -2.38. The summed E-state index contributed by atoms with van der Waals surface area (Å²) >= 11 is 0.734. The van der Waals surface area contributed by atoms with Crippen molar-refractivity contribution in [2.45, 2.75) is 25.7 Å². The first kappa shape index (κ1) is 26.0. The smallest absolute Gasteiger partial charge is 0.283 e. The lowest BCUT2D eigenvalue weighted by atomic mass is 10.1. The average molecular weight is 544 g/mol. The van der Waals surface area contributed by atoms with Gasteiger partial charge in [0.2, 0.25) is 20.2 Å². The number of nitro benzene ring substituents is 1. The molecule has 14 heteroatoms. The number of aliphatic imine (C=N–C) groups is 1. The van der Waals surface area contributed by atoms with E-state index in [4.69, 9.17) is 14.9 Å². The van der Waals surface area contributed by atoms with Gasteiger partial charge in [0.25, 0.3) is 11.6 Å². The van der Waals surface area contributed by atoms with Crippen LogP contribution >= 0.6 is 11.9 Å². The van der Waals surface area contributed by atoms with Crippen LogP contribution in [0.4, 0.5) is 5.69 Å². The van der Waals surface area contributed by atoms with E-state index >= 15 is 0 Å². The number of amidine groups is 3. The maximum absolute atomic E-state index is 12.7. The standard InChI is InChI=1S/C23H21N5O7S2/c1-13(2)37(32,33)23-26-36-22-25-21(29)17(20(24)27(22)23)10-15-6-9-18(19(11-15)34-3)35-12-14-4-7-16(8-5-14)28(30)31/h4-11,13,24H,12H2,1-3H3/b17-10-,24-20?. The van der Waals surface area contributed by atoms with Gasteiger partial charge in [0, 0.05) is 12.1 Å². The van der Waals surface area contributed by atoms with Gasteiger partial charge < -0.3 is 9.47 Å². The molecule has 0 bridgehead atoms. The Bertz CT molecular complexity index is 1500. The molecule has 1 N–H and O–H groups in total. The first-order valence-electron chi connectivity index (χ1n) is 10.8. The molecule has 2 aliphatic heterocycles. The largest absolute Gasteiger partial charge is 0.493 e. The zero-order chi connectivity index (χ0) is 26.9. The molecule has 4 rings (SSSR count). The third-order valence-corrected chi connectivity index (χ3v) is 8.25. The summed E-state index contributed by atoms with van der Waals surface area (Å²) < 4.78 is 40.6. The highest BCUT2D eigenvalue weighted by atomic mass is 32.2. The Kier molecular flexibility index (Phi) is 7.14. The summed E-state index contributed by atoms with van der Waals surface area (Å²) in [5.41, 5.74) is 1.07. The van der Waals surface area contributed by atoms with Crippen molar-refractivity contribution in [3.8, 4) is 11.5 Å². The predicted octanol–water partition coefficient (Wildman–Crippen LogP) is 3.58. The van der Waals surface area contributed by atoms with E-state index in [-0.39, 0.29) is 34.0 Å². The van der Waals surface area contributed by atoms with Crippen LogP contribution in [0.25, 0.3) is 6.08 Å². The van der Waals surface area contributed by atoms with Crippen molar-refractivity contribution in [2.24, 2.45) is 9.39 Å². The number of methoxy groups -OCH3 is 1. The van der Waals surface area contributed by atoms with Gasteiger partial charge in [-0.3, -0.25) is 20.3 Å². The second kappa shape index (κ2) is 10.1. The van der Waals surface area contributed by atoms with Gasteiger partial charge >= 0.3 is 0 Å². The summed E-state index contributed by atoms with van der Waals surface area (Å²) in [5, 5.41) is 18.3. The third kappa shape index (κ3) is 5.11. The number of hydrogen-bond acceptors (Lipinski definition) is 10. The van der Waals surface area contributed by atoms with E-state index in [2.05, 4.69) is 9.39 Å². The molecule has 2 heterocycles. The van der Waals surface area contributed by atoms with Gasteiger partial charge in [-0.15, -0.1) is 0 Å². The summed E-state index contributed by atoms with van der Waals surface area (Å²) in [6.07, 6.45) is 1.41. The molecule has 2 aliphatic rings. The van der Waals surface area contributed by atoms with Crippen LogP contribution in [0.5, 0.6) is 11.5 Å².